The molecule has 1 nitrogen and oxygen atoms in total. The third kappa shape index (κ3) is 1.79. The van der Waals surface area contributed by atoms with E-state index in [0.717, 1.165) is 18.4 Å². The first-order chi connectivity index (χ1) is 6.79. The van der Waals surface area contributed by atoms with E-state index in [0.29, 0.717) is 5.75 Å². The maximum Gasteiger partial charge on any atom is 0.127 e. The van der Waals surface area contributed by atoms with Gasteiger partial charge < -0.3 is 4.74 Å². The van der Waals surface area contributed by atoms with Crippen LogP contribution in [0.5, 0.6) is 5.75 Å². The highest BCUT2D eigenvalue weighted by Gasteiger charge is 2.09. The van der Waals surface area contributed by atoms with Gasteiger partial charge in [-0.05, 0) is 42.5 Å². The molecule has 1 aromatic carbocycles. The van der Waals surface area contributed by atoms with Crippen molar-refractivity contribution in [1.82, 2.24) is 0 Å². The molecule has 0 spiro atoms. The Morgan fingerprint density at radius 2 is 2.14 bits per heavy atom. The van der Waals surface area contributed by atoms with E-state index in [9.17, 15) is 4.39 Å². The highest BCUT2D eigenvalue weighted by molar-refractivity contribution is 5.68. The van der Waals surface area contributed by atoms with Crippen molar-refractivity contribution in [2.45, 2.75) is 19.3 Å². The smallest absolute Gasteiger partial charge is 0.127 e. The summed E-state index contributed by atoms with van der Waals surface area (Å²) in [4.78, 5) is 0. The van der Waals surface area contributed by atoms with Gasteiger partial charge in [-0.2, -0.15) is 0 Å². The topological polar surface area (TPSA) is 9.23 Å². The molecule has 14 heavy (non-hydrogen) atoms. The fourth-order valence-electron chi connectivity index (χ4n) is 1.80. The van der Waals surface area contributed by atoms with Crippen LogP contribution < -0.4 is 4.74 Å². The monoisotopic (exact) mass is 192 g/mol. The van der Waals surface area contributed by atoms with E-state index in [1.807, 2.05) is 6.07 Å². The molecular formula is C12H13FO. The van der Waals surface area contributed by atoms with Crippen LogP contribution in [-0.4, -0.2) is 7.11 Å². The van der Waals surface area contributed by atoms with E-state index in [2.05, 4.69) is 6.08 Å². The molecule has 0 saturated carbocycles. The van der Waals surface area contributed by atoms with Crippen molar-refractivity contribution < 1.29 is 9.13 Å². The Morgan fingerprint density at radius 3 is 2.79 bits per heavy atom. The van der Waals surface area contributed by atoms with Gasteiger partial charge in [-0.25, -0.2) is 4.39 Å². The van der Waals surface area contributed by atoms with E-state index in [1.165, 1.54) is 18.1 Å². The Morgan fingerprint density at radius 1 is 1.29 bits per heavy atom. The molecule has 1 aromatic rings. The molecule has 0 aliphatic heterocycles. The van der Waals surface area contributed by atoms with Gasteiger partial charge in [0.05, 0.1) is 7.11 Å². The first-order valence-corrected chi connectivity index (χ1v) is 4.83. The molecule has 1 aliphatic carbocycles. The Hall–Kier alpha value is -1.31. The second kappa shape index (κ2) is 3.82. The van der Waals surface area contributed by atoms with Crippen molar-refractivity contribution >= 4 is 5.57 Å². The summed E-state index contributed by atoms with van der Waals surface area (Å²) in [5, 5.41) is 0. The van der Waals surface area contributed by atoms with E-state index in [4.69, 9.17) is 4.74 Å². The van der Waals surface area contributed by atoms with Gasteiger partial charge in [0.1, 0.15) is 11.6 Å². The molecule has 0 aromatic heterocycles. The summed E-state index contributed by atoms with van der Waals surface area (Å²) < 4.78 is 18.2. The molecule has 0 amide bonds. The molecule has 0 N–H and O–H groups in total. The van der Waals surface area contributed by atoms with E-state index in [-0.39, 0.29) is 5.82 Å². The van der Waals surface area contributed by atoms with E-state index >= 15 is 0 Å². The van der Waals surface area contributed by atoms with Crippen LogP contribution >= 0.6 is 0 Å². The highest BCUT2D eigenvalue weighted by atomic mass is 19.1. The number of halogens is 1. The van der Waals surface area contributed by atoms with Gasteiger partial charge in [-0.1, -0.05) is 6.08 Å². The number of hydrogen-bond acceptors (Lipinski definition) is 1. The van der Waals surface area contributed by atoms with Crippen molar-refractivity contribution in [2.24, 2.45) is 0 Å². The van der Waals surface area contributed by atoms with Crippen LogP contribution in [0.25, 0.3) is 5.57 Å². The first kappa shape index (κ1) is 9.25. The minimum Gasteiger partial charge on any atom is -0.497 e. The molecule has 0 saturated heterocycles. The Kier molecular flexibility index (Phi) is 2.53. The van der Waals surface area contributed by atoms with Crippen LogP contribution in [0.3, 0.4) is 0 Å². The van der Waals surface area contributed by atoms with Crippen LogP contribution in [0.2, 0.25) is 0 Å². The predicted molar refractivity (Wildman–Crippen MR) is 54.8 cm³/mol. The zero-order chi connectivity index (χ0) is 9.97. The Labute approximate surface area is 83.2 Å². The molecule has 0 fully saturated rings. The molecule has 0 heterocycles. The first-order valence-electron chi connectivity index (χ1n) is 4.83. The maximum absolute atomic E-state index is 13.2. The molecule has 1 aliphatic rings. The summed E-state index contributed by atoms with van der Waals surface area (Å²) in [6, 6.07) is 4.86. The van der Waals surface area contributed by atoms with Crippen LogP contribution in [0.1, 0.15) is 24.8 Å². The molecule has 0 unspecified atom stereocenters. The van der Waals surface area contributed by atoms with Gasteiger partial charge in [0.15, 0.2) is 0 Å². The lowest BCUT2D eigenvalue weighted by molar-refractivity contribution is 0.411. The molecule has 0 radical (unpaired) electrons. The van der Waals surface area contributed by atoms with Crippen LogP contribution in [-0.2, 0) is 0 Å². The SMILES string of the molecule is COc1cc(F)cc(C2=CCCC2)c1. The zero-order valence-electron chi connectivity index (χ0n) is 8.22. The number of benzene rings is 1. The Balaban J connectivity index is 2.37. The summed E-state index contributed by atoms with van der Waals surface area (Å²) in [6.07, 6.45) is 5.50. The van der Waals surface area contributed by atoms with E-state index in [1.54, 1.807) is 13.2 Å². The summed E-state index contributed by atoms with van der Waals surface area (Å²) >= 11 is 0. The van der Waals surface area contributed by atoms with Gasteiger partial charge in [0.2, 0.25) is 0 Å². The molecule has 0 atom stereocenters. The van der Waals surface area contributed by atoms with Gasteiger partial charge in [0.25, 0.3) is 0 Å². The van der Waals surface area contributed by atoms with E-state index < -0.39 is 0 Å². The summed E-state index contributed by atoms with van der Waals surface area (Å²) in [6.45, 7) is 0. The average Bonchev–Trinajstić information content (AvgIpc) is 2.69. The second-order valence-corrected chi connectivity index (χ2v) is 3.50. The van der Waals surface area contributed by atoms with Crippen molar-refractivity contribution in [3.05, 3.63) is 35.7 Å². The number of hydrogen-bond donors (Lipinski definition) is 0. The molecule has 0 bridgehead atoms. The van der Waals surface area contributed by atoms with Crippen molar-refractivity contribution in [2.75, 3.05) is 7.11 Å². The standard InChI is InChI=1S/C12H13FO/c1-14-12-7-10(6-11(13)8-12)9-4-2-3-5-9/h4,6-8H,2-3,5H2,1H3. The third-order valence-electron chi connectivity index (χ3n) is 2.52. The molecule has 2 rings (SSSR count). The third-order valence-corrected chi connectivity index (χ3v) is 2.52. The van der Waals surface area contributed by atoms with Crippen LogP contribution in [0, 0.1) is 5.82 Å². The van der Waals surface area contributed by atoms with Gasteiger partial charge in [-0.3, -0.25) is 0 Å². The largest absolute Gasteiger partial charge is 0.497 e. The number of allylic oxidation sites excluding steroid dienone is 2. The van der Waals surface area contributed by atoms with Crippen LogP contribution in [0.4, 0.5) is 4.39 Å². The quantitative estimate of drug-likeness (QED) is 0.697. The lowest BCUT2D eigenvalue weighted by Crippen LogP contribution is -1.88. The number of methoxy groups -OCH3 is 1. The summed E-state index contributed by atoms with van der Waals surface area (Å²) in [5.74, 6) is 0.361. The summed E-state index contributed by atoms with van der Waals surface area (Å²) in [7, 11) is 1.56. The van der Waals surface area contributed by atoms with Gasteiger partial charge in [-0.15, -0.1) is 0 Å². The van der Waals surface area contributed by atoms with Crippen molar-refractivity contribution in [1.29, 1.82) is 0 Å². The zero-order valence-corrected chi connectivity index (χ0v) is 8.22. The normalized spacial score (nSPS) is 15.4. The number of rotatable bonds is 2. The minimum atomic E-state index is -0.229. The van der Waals surface area contributed by atoms with Crippen molar-refractivity contribution in [3.8, 4) is 5.75 Å². The highest BCUT2D eigenvalue weighted by Crippen LogP contribution is 2.30. The predicted octanol–water partition coefficient (Wildman–Crippen LogP) is 3.40. The lowest BCUT2D eigenvalue weighted by Gasteiger charge is -2.05. The fraction of sp³-hybridized carbons (Fsp3) is 0.333. The van der Waals surface area contributed by atoms with Gasteiger partial charge >= 0.3 is 0 Å². The maximum atomic E-state index is 13.2. The minimum absolute atomic E-state index is 0.229. The molecular weight excluding hydrogens is 179 g/mol. The van der Waals surface area contributed by atoms with Gasteiger partial charge in [0, 0.05) is 6.07 Å². The van der Waals surface area contributed by atoms with Crippen molar-refractivity contribution in [3.63, 3.8) is 0 Å². The molecule has 74 valence electrons. The average molecular weight is 192 g/mol. The second-order valence-electron chi connectivity index (χ2n) is 3.50. The Bertz CT molecular complexity index is 369. The fourth-order valence-corrected chi connectivity index (χ4v) is 1.80. The summed E-state index contributed by atoms with van der Waals surface area (Å²) in [5.41, 5.74) is 2.20. The van der Waals surface area contributed by atoms with Crippen LogP contribution in [0.15, 0.2) is 24.3 Å². The molecule has 2 heteroatoms. The number of ether oxygens (including phenoxy) is 1. The lowest BCUT2D eigenvalue weighted by atomic mass is 10.1.